The van der Waals surface area contributed by atoms with Crippen LogP contribution in [0.1, 0.15) is 35.7 Å². The first-order valence-corrected chi connectivity index (χ1v) is 9.44. The Balaban J connectivity index is 2.00. The fraction of sp³-hybridized carbons (Fsp3) is 0.409. The topological polar surface area (TPSA) is 58.6 Å². The largest absolute Gasteiger partial charge is 0.389 e. The number of hydrogen-bond donors (Lipinski definition) is 2. The number of halogens is 1. The molecule has 4 nitrogen and oxygen atoms in total. The third-order valence-corrected chi connectivity index (χ3v) is 4.24. The highest BCUT2D eigenvalue weighted by Gasteiger charge is 2.22. The number of nitrogens with one attached hydrogen (secondary N) is 1. The zero-order chi connectivity index (χ0) is 19.5. The number of unbranched alkanes of at least 4 members (excludes halogenated alkanes) is 1. The van der Waals surface area contributed by atoms with E-state index in [4.69, 9.17) is 4.74 Å². The molecule has 0 amide bonds. The van der Waals surface area contributed by atoms with Crippen molar-refractivity contribution in [2.24, 2.45) is 0 Å². The zero-order valence-electron chi connectivity index (χ0n) is 15.7. The van der Waals surface area contributed by atoms with Crippen molar-refractivity contribution in [3.63, 3.8) is 0 Å². The van der Waals surface area contributed by atoms with Crippen LogP contribution in [-0.2, 0) is 11.2 Å². The van der Waals surface area contributed by atoms with Crippen molar-refractivity contribution >= 4 is 5.78 Å². The van der Waals surface area contributed by atoms with Gasteiger partial charge in [0.1, 0.15) is 11.9 Å². The number of carbonyl (C=O) groups excluding carboxylic acids is 1. The van der Waals surface area contributed by atoms with Crippen LogP contribution < -0.4 is 5.32 Å². The number of hydrogen-bond acceptors (Lipinski definition) is 4. The third kappa shape index (κ3) is 7.59. The van der Waals surface area contributed by atoms with E-state index in [1.807, 2.05) is 6.07 Å². The second-order valence-electron chi connectivity index (χ2n) is 6.60. The van der Waals surface area contributed by atoms with Crippen molar-refractivity contribution in [1.29, 1.82) is 0 Å². The summed E-state index contributed by atoms with van der Waals surface area (Å²) in [7, 11) is 0. The molecule has 2 N–H and O–H groups in total. The van der Waals surface area contributed by atoms with Crippen LogP contribution in [0.4, 0.5) is 4.39 Å². The van der Waals surface area contributed by atoms with Gasteiger partial charge in [0.15, 0.2) is 5.78 Å². The van der Waals surface area contributed by atoms with Gasteiger partial charge < -0.3 is 15.2 Å². The van der Waals surface area contributed by atoms with Gasteiger partial charge in [0, 0.05) is 18.5 Å². The van der Waals surface area contributed by atoms with Crippen molar-refractivity contribution in [2.45, 2.75) is 38.4 Å². The van der Waals surface area contributed by atoms with Crippen molar-refractivity contribution in [3.05, 3.63) is 71.5 Å². The molecule has 5 heteroatoms. The summed E-state index contributed by atoms with van der Waals surface area (Å²) in [6.07, 6.45) is 0.893. The molecule has 0 aromatic heterocycles. The van der Waals surface area contributed by atoms with E-state index < -0.39 is 12.2 Å². The number of carbonyl (C=O) groups is 1. The third-order valence-electron chi connectivity index (χ3n) is 4.24. The van der Waals surface area contributed by atoms with E-state index in [0.29, 0.717) is 17.7 Å². The van der Waals surface area contributed by atoms with Crippen LogP contribution in [0.2, 0.25) is 0 Å². The number of benzene rings is 2. The first kappa shape index (κ1) is 21.2. The Kier molecular flexibility index (Phi) is 9.11. The maximum Gasteiger partial charge on any atom is 0.191 e. The van der Waals surface area contributed by atoms with Gasteiger partial charge >= 0.3 is 0 Å². The van der Waals surface area contributed by atoms with Gasteiger partial charge in [-0.1, -0.05) is 55.8 Å². The fourth-order valence-electron chi connectivity index (χ4n) is 2.75. The molecule has 0 aliphatic heterocycles. The second kappa shape index (κ2) is 11.6. The highest BCUT2D eigenvalue weighted by molar-refractivity contribution is 5.99. The Bertz CT molecular complexity index is 693. The summed E-state index contributed by atoms with van der Waals surface area (Å²) >= 11 is 0. The number of aliphatic hydroxyl groups excluding tert-OH is 1. The minimum absolute atomic E-state index is 0.0394. The summed E-state index contributed by atoms with van der Waals surface area (Å²) < 4.78 is 19.2. The zero-order valence-corrected chi connectivity index (χ0v) is 15.7. The Hall–Kier alpha value is -2.08. The number of ketones is 1. The van der Waals surface area contributed by atoms with Gasteiger partial charge in [-0.25, -0.2) is 4.39 Å². The summed E-state index contributed by atoms with van der Waals surface area (Å²) in [6.45, 7) is 3.39. The Morgan fingerprint density at radius 1 is 1.19 bits per heavy atom. The Morgan fingerprint density at radius 3 is 2.67 bits per heavy atom. The molecular weight excluding hydrogens is 345 g/mol. The monoisotopic (exact) mass is 373 g/mol. The van der Waals surface area contributed by atoms with Gasteiger partial charge in [0.2, 0.25) is 0 Å². The van der Waals surface area contributed by atoms with Crippen molar-refractivity contribution in [1.82, 2.24) is 5.32 Å². The van der Waals surface area contributed by atoms with Crippen molar-refractivity contribution < 1.29 is 19.0 Å². The minimum atomic E-state index is -0.778. The maximum atomic E-state index is 13.5. The van der Waals surface area contributed by atoms with Crippen LogP contribution in [0.25, 0.3) is 0 Å². The van der Waals surface area contributed by atoms with E-state index in [2.05, 4.69) is 12.2 Å². The standard InChI is InChI=1S/C22H28FNO3/c1-2-3-12-24-15-20(25)16-27-21(14-17-8-7-11-19(23)13-17)22(26)18-9-5-4-6-10-18/h4-11,13,20-21,24-25H,2-3,12,14-16H2,1H3. The Morgan fingerprint density at radius 2 is 1.96 bits per heavy atom. The minimum Gasteiger partial charge on any atom is -0.389 e. The number of rotatable bonds is 12. The van der Waals surface area contributed by atoms with Gasteiger partial charge in [0.05, 0.1) is 12.7 Å². The van der Waals surface area contributed by atoms with Gasteiger partial charge in [0.25, 0.3) is 0 Å². The molecule has 0 spiro atoms. The molecule has 0 aliphatic rings. The van der Waals surface area contributed by atoms with E-state index in [1.165, 1.54) is 12.1 Å². The average Bonchev–Trinajstić information content (AvgIpc) is 2.68. The molecule has 0 fully saturated rings. The predicted molar refractivity (Wildman–Crippen MR) is 104 cm³/mol. The SMILES string of the molecule is CCCCNCC(O)COC(Cc1cccc(F)c1)C(=O)c1ccccc1. The summed E-state index contributed by atoms with van der Waals surface area (Å²) in [5.41, 5.74) is 1.22. The fourth-order valence-corrected chi connectivity index (χ4v) is 2.75. The highest BCUT2D eigenvalue weighted by atomic mass is 19.1. The number of ether oxygens (including phenoxy) is 1. The lowest BCUT2D eigenvalue weighted by atomic mass is 9.99. The number of aliphatic hydroxyl groups is 1. The molecule has 2 aromatic carbocycles. The summed E-state index contributed by atoms with van der Waals surface area (Å²) in [4.78, 5) is 12.8. The molecule has 146 valence electrons. The molecule has 2 atom stereocenters. The van der Waals surface area contributed by atoms with E-state index in [9.17, 15) is 14.3 Å². The lowest BCUT2D eigenvalue weighted by Gasteiger charge is -2.20. The van der Waals surface area contributed by atoms with Crippen LogP contribution in [0.5, 0.6) is 0 Å². The van der Waals surface area contributed by atoms with E-state index in [1.54, 1.807) is 36.4 Å². The molecule has 0 bridgehead atoms. The lowest BCUT2D eigenvalue weighted by molar-refractivity contribution is -0.00167. The predicted octanol–water partition coefficient (Wildman–Crippen LogP) is 3.39. The molecule has 27 heavy (non-hydrogen) atoms. The second-order valence-corrected chi connectivity index (χ2v) is 6.60. The molecule has 0 heterocycles. The molecule has 0 aliphatic carbocycles. The molecule has 2 rings (SSSR count). The lowest BCUT2D eigenvalue weighted by Crippen LogP contribution is -2.35. The van der Waals surface area contributed by atoms with Gasteiger partial charge in [-0.15, -0.1) is 0 Å². The molecule has 2 unspecified atom stereocenters. The molecule has 0 radical (unpaired) electrons. The van der Waals surface area contributed by atoms with E-state index in [-0.39, 0.29) is 24.6 Å². The van der Waals surface area contributed by atoms with Crippen molar-refractivity contribution in [3.8, 4) is 0 Å². The first-order chi connectivity index (χ1) is 13.1. The van der Waals surface area contributed by atoms with E-state index in [0.717, 1.165) is 19.4 Å². The smallest absolute Gasteiger partial charge is 0.191 e. The quantitative estimate of drug-likeness (QED) is 0.442. The van der Waals surface area contributed by atoms with Crippen LogP contribution in [0.3, 0.4) is 0 Å². The van der Waals surface area contributed by atoms with Gasteiger partial charge in [-0.3, -0.25) is 4.79 Å². The normalized spacial score (nSPS) is 13.3. The maximum absolute atomic E-state index is 13.5. The average molecular weight is 373 g/mol. The summed E-state index contributed by atoms with van der Waals surface area (Å²) in [6, 6.07) is 15.0. The van der Waals surface area contributed by atoms with Crippen molar-refractivity contribution in [2.75, 3.05) is 19.7 Å². The number of Topliss-reactive ketones (excluding diaryl/α,β-unsaturated/α-hetero) is 1. The highest BCUT2D eigenvalue weighted by Crippen LogP contribution is 2.14. The molecular formula is C22H28FNO3. The Labute approximate surface area is 160 Å². The van der Waals surface area contributed by atoms with Gasteiger partial charge in [-0.2, -0.15) is 0 Å². The van der Waals surface area contributed by atoms with Crippen LogP contribution in [-0.4, -0.2) is 42.8 Å². The van der Waals surface area contributed by atoms with Crippen LogP contribution >= 0.6 is 0 Å². The first-order valence-electron chi connectivity index (χ1n) is 9.44. The van der Waals surface area contributed by atoms with Crippen LogP contribution in [0, 0.1) is 5.82 Å². The molecule has 0 saturated heterocycles. The summed E-state index contributed by atoms with van der Waals surface area (Å²) in [5, 5.41) is 13.3. The van der Waals surface area contributed by atoms with Crippen LogP contribution in [0.15, 0.2) is 54.6 Å². The van der Waals surface area contributed by atoms with E-state index >= 15 is 0 Å². The molecule has 2 aromatic rings. The van der Waals surface area contributed by atoms with Gasteiger partial charge in [-0.05, 0) is 30.7 Å². The summed E-state index contributed by atoms with van der Waals surface area (Å²) in [5.74, 6) is -0.524. The molecule has 0 saturated carbocycles.